The van der Waals surface area contributed by atoms with Crippen molar-refractivity contribution in [2.24, 2.45) is 0 Å². The van der Waals surface area contributed by atoms with E-state index in [1.807, 2.05) is 48.5 Å². The van der Waals surface area contributed by atoms with Crippen LogP contribution in [0.4, 0.5) is 5.69 Å². The van der Waals surface area contributed by atoms with Gasteiger partial charge in [0, 0.05) is 50.4 Å². The van der Waals surface area contributed by atoms with Crippen LogP contribution in [0.1, 0.15) is 11.1 Å². The summed E-state index contributed by atoms with van der Waals surface area (Å²) in [6, 6.07) is 58.9. The molecule has 0 saturated carbocycles. The van der Waals surface area contributed by atoms with E-state index in [0.717, 1.165) is 22.6 Å². The highest BCUT2D eigenvalue weighted by Gasteiger charge is 2.16. The first-order valence-corrected chi connectivity index (χ1v) is 16.2. The van der Waals surface area contributed by atoms with Crippen molar-refractivity contribution in [1.29, 1.82) is 5.41 Å². The topological polar surface area (TPSA) is 45.7 Å². The van der Waals surface area contributed by atoms with Crippen LogP contribution in [0.5, 0.6) is 0 Å². The van der Waals surface area contributed by atoms with E-state index < -0.39 is 0 Å². The Hall–Kier alpha value is -6.39. The number of benzene rings is 7. The first-order chi connectivity index (χ1) is 23.6. The SMILES string of the molecule is Cc1ccccc1.N=C(Nc1ccc(-n2c3ccccc3c3ccc4cc5c(ccn5-c5ccccc5)cc4c32)cc1)c1ccccc1. The molecule has 0 aliphatic heterocycles. The van der Waals surface area contributed by atoms with E-state index in [4.69, 9.17) is 5.41 Å². The number of fused-ring (bicyclic) bond motifs is 6. The summed E-state index contributed by atoms with van der Waals surface area (Å²) in [4.78, 5) is 0. The molecule has 4 heteroatoms. The van der Waals surface area contributed by atoms with Gasteiger partial charge in [0.25, 0.3) is 0 Å². The Balaban J connectivity index is 0.000000429. The van der Waals surface area contributed by atoms with Crippen molar-refractivity contribution in [1.82, 2.24) is 9.13 Å². The van der Waals surface area contributed by atoms with E-state index in [9.17, 15) is 0 Å². The van der Waals surface area contributed by atoms with E-state index >= 15 is 0 Å². The minimum atomic E-state index is 0.382. The van der Waals surface area contributed by atoms with Crippen LogP contribution >= 0.6 is 0 Å². The molecule has 0 radical (unpaired) electrons. The third-order valence-corrected chi connectivity index (χ3v) is 8.89. The van der Waals surface area contributed by atoms with Crippen molar-refractivity contribution in [3.05, 3.63) is 187 Å². The number of aryl methyl sites for hydroxylation is 1. The van der Waals surface area contributed by atoms with Gasteiger partial charge in [-0.25, -0.2) is 0 Å². The summed E-state index contributed by atoms with van der Waals surface area (Å²) in [6.07, 6.45) is 2.16. The Morgan fingerprint density at radius 1 is 0.521 bits per heavy atom. The second-order valence-electron chi connectivity index (χ2n) is 12.0. The fourth-order valence-corrected chi connectivity index (χ4v) is 6.55. The molecule has 0 bridgehead atoms. The van der Waals surface area contributed by atoms with E-state index in [1.54, 1.807) is 0 Å². The number of hydrogen-bond donors (Lipinski definition) is 2. The van der Waals surface area contributed by atoms with Crippen molar-refractivity contribution in [2.45, 2.75) is 6.92 Å². The lowest BCUT2D eigenvalue weighted by molar-refractivity contribution is 1.13. The molecule has 0 atom stereocenters. The van der Waals surface area contributed by atoms with Crippen molar-refractivity contribution in [3.8, 4) is 11.4 Å². The van der Waals surface area contributed by atoms with Crippen LogP contribution in [0.3, 0.4) is 0 Å². The van der Waals surface area contributed by atoms with Gasteiger partial charge in [0.15, 0.2) is 0 Å². The summed E-state index contributed by atoms with van der Waals surface area (Å²) in [5.74, 6) is 0.382. The number of aromatic nitrogens is 2. The van der Waals surface area contributed by atoms with E-state index in [0.29, 0.717) is 5.84 Å². The van der Waals surface area contributed by atoms with Gasteiger partial charge in [0.2, 0.25) is 0 Å². The van der Waals surface area contributed by atoms with E-state index in [2.05, 4.69) is 149 Å². The van der Waals surface area contributed by atoms with Crippen LogP contribution in [0.15, 0.2) is 176 Å². The van der Waals surface area contributed by atoms with Crippen LogP contribution in [0.2, 0.25) is 0 Å². The van der Waals surface area contributed by atoms with Gasteiger partial charge in [0.1, 0.15) is 5.84 Å². The van der Waals surface area contributed by atoms with Gasteiger partial charge >= 0.3 is 0 Å². The average molecular weight is 619 g/mol. The number of anilines is 1. The molecule has 9 rings (SSSR count). The molecule has 0 amide bonds. The summed E-state index contributed by atoms with van der Waals surface area (Å²) in [7, 11) is 0. The van der Waals surface area contributed by atoms with E-state index in [1.165, 1.54) is 49.0 Å². The number of nitrogens with one attached hydrogen (secondary N) is 2. The van der Waals surface area contributed by atoms with Crippen molar-refractivity contribution < 1.29 is 0 Å². The lowest BCUT2D eigenvalue weighted by atomic mass is 10.0. The van der Waals surface area contributed by atoms with Gasteiger partial charge in [-0.1, -0.05) is 115 Å². The highest BCUT2D eigenvalue weighted by atomic mass is 15.0. The molecule has 2 N–H and O–H groups in total. The van der Waals surface area contributed by atoms with Crippen LogP contribution in [0.25, 0.3) is 54.9 Å². The summed E-state index contributed by atoms with van der Waals surface area (Å²) in [5, 5.41) is 17.8. The quantitative estimate of drug-likeness (QED) is 0.150. The smallest absolute Gasteiger partial charge is 0.129 e. The maximum Gasteiger partial charge on any atom is 0.129 e. The second-order valence-corrected chi connectivity index (χ2v) is 12.0. The Kier molecular flexibility index (Phi) is 7.52. The number of amidine groups is 1. The number of para-hydroxylation sites is 2. The van der Waals surface area contributed by atoms with Crippen LogP contribution < -0.4 is 5.32 Å². The lowest BCUT2D eigenvalue weighted by Crippen LogP contribution is -2.11. The zero-order chi connectivity index (χ0) is 32.5. The maximum atomic E-state index is 8.47. The number of nitrogens with zero attached hydrogens (tertiary/aromatic N) is 2. The molecular weight excluding hydrogens is 585 g/mol. The predicted molar refractivity (Wildman–Crippen MR) is 203 cm³/mol. The van der Waals surface area contributed by atoms with Gasteiger partial charge < -0.3 is 14.5 Å². The lowest BCUT2D eigenvalue weighted by Gasteiger charge is -2.13. The second kappa shape index (κ2) is 12.4. The fraction of sp³-hybridized carbons (Fsp3) is 0.0227. The molecule has 48 heavy (non-hydrogen) atoms. The zero-order valence-corrected chi connectivity index (χ0v) is 26.6. The average Bonchev–Trinajstić information content (AvgIpc) is 3.71. The van der Waals surface area contributed by atoms with Crippen molar-refractivity contribution >= 4 is 55.0 Å². The van der Waals surface area contributed by atoms with Crippen molar-refractivity contribution in [3.63, 3.8) is 0 Å². The summed E-state index contributed by atoms with van der Waals surface area (Å²) in [6.45, 7) is 2.08. The van der Waals surface area contributed by atoms with Crippen LogP contribution in [-0.2, 0) is 0 Å². The Labute approximate surface area is 279 Å². The monoisotopic (exact) mass is 618 g/mol. The highest BCUT2D eigenvalue weighted by Crippen LogP contribution is 2.38. The molecule has 230 valence electrons. The van der Waals surface area contributed by atoms with Gasteiger partial charge in [-0.3, -0.25) is 5.41 Å². The maximum absolute atomic E-state index is 8.47. The predicted octanol–water partition coefficient (Wildman–Crippen LogP) is 11.3. The van der Waals surface area contributed by atoms with Gasteiger partial charge in [0.05, 0.1) is 16.6 Å². The summed E-state index contributed by atoms with van der Waals surface area (Å²) in [5.41, 5.74) is 8.89. The standard InChI is InChI=1S/C37H26N4.C7H8/c38-37(25-9-3-1-4-10-25)39-28-16-18-30(19-17-28)41-34-14-8-7-13-31(34)32-20-15-26-24-35-27(23-33(26)36(32)41)21-22-40(35)29-11-5-2-6-12-29;1-7-5-3-2-4-6-7/h1-24H,(H2,38,39);2-6H,1H3. The van der Waals surface area contributed by atoms with Gasteiger partial charge in [-0.15, -0.1) is 0 Å². The molecule has 0 aliphatic carbocycles. The van der Waals surface area contributed by atoms with Crippen LogP contribution in [0, 0.1) is 12.3 Å². The third-order valence-electron chi connectivity index (χ3n) is 8.89. The number of hydrogen-bond acceptors (Lipinski definition) is 1. The molecule has 7 aromatic carbocycles. The Morgan fingerprint density at radius 3 is 1.90 bits per heavy atom. The van der Waals surface area contributed by atoms with Crippen LogP contribution in [-0.4, -0.2) is 15.0 Å². The third kappa shape index (κ3) is 5.40. The highest BCUT2D eigenvalue weighted by molar-refractivity contribution is 6.20. The van der Waals surface area contributed by atoms with E-state index in [-0.39, 0.29) is 0 Å². The molecular formula is C44H34N4. The van der Waals surface area contributed by atoms with Gasteiger partial charge in [-0.05, 0) is 73.0 Å². The number of rotatable bonds is 4. The summed E-state index contributed by atoms with van der Waals surface area (Å²) >= 11 is 0. The molecule has 2 heterocycles. The Bertz CT molecular complexity index is 2530. The normalized spacial score (nSPS) is 11.1. The first-order valence-electron chi connectivity index (χ1n) is 16.2. The van der Waals surface area contributed by atoms with Crippen molar-refractivity contribution in [2.75, 3.05) is 5.32 Å². The molecule has 0 saturated heterocycles. The molecule has 9 aromatic rings. The molecule has 0 aliphatic rings. The first kappa shape index (κ1) is 29.0. The summed E-state index contributed by atoms with van der Waals surface area (Å²) < 4.78 is 4.63. The molecule has 4 nitrogen and oxygen atoms in total. The molecule has 0 fully saturated rings. The minimum Gasteiger partial charge on any atom is -0.340 e. The largest absolute Gasteiger partial charge is 0.340 e. The van der Waals surface area contributed by atoms with Gasteiger partial charge in [-0.2, -0.15) is 0 Å². The molecule has 0 unspecified atom stereocenters. The molecule has 2 aromatic heterocycles. The molecule has 0 spiro atoms. The fourth-order valence-electron chi connectivity index (χ4n) is 6.55. The zero-order valence-electron chi connectivity index (χ0n) is 26.6. The minimum absolute atomic E-state index is 0.382. The Morgan fingerprint density at radius 2 is 1.19 bits per heavy atom.